The van der Waals surface area contributed by atoms with Crippen LogP contribution in [-0.2, 0) is 16.1 Å². The van der Waals surface area contributed by atoms with Gasteiger partial charge in [-0.05, 0) is 31.5 Å². The molecule has 9 heteroatoms. The van der Waals surface area contributed by atoms with Crippen LogP contribution in [0.1, 0.15) is 28.5 Å². The molecule has 0 fully saturated rings. The van der Waals surface area contributed by atoms with E-state index < -0.39 is 18.0 Å². The summed E-state index contributed by atoms with van der Waals surface area (Å²) >= 11 is 0. The van der Waals surface area contributed by atoms with Crippen molar-refractivity contribution < 1.29 is 28.3 Å². The van der Waals surface area contributed by atoms with Crippen LogP contribution in [0.25, 0.3) is 0 Å². The minimum absolute atomic E-state index is 0.0181. The first kappa shape index (κ1) is 19.1. The van der Waals surface area contributed by atoms with Gasteiger partial charge in [0.15, 0.2) is 17.6 Å². The fourth-order valence-corrected chi connectivity index (χ4v) is 2.23. The number of benzene rings is 1. The van der Waals surface area contributed by atoms with Gasteiger partial charge in [0.05, 0.1) is 19.9 Å². The van der Waals surface area contributed by atoms with Crippen LogP contribution < -0.4 is 20.5 Å². The molecule has 0 spiro atoms. The van der Waals surface area contributed by atoms with Crippen molar-refractivity contribution in [3.63, 3.8) is 0 Å². The standard InChI is InChI=1S/C17H21N3O6/c1-9-14(15(18)26-20-9)17(22)25-10(2)16(21)19-8-11-5-6-12(23-3)13(7-11)24-4/h5-7,10H,8,18H2,1-4H3,(H,19,21). The molecular weight excluding hydrogens is 342 g/mol. The average molecular weight is 363 g/mol. The molecule has 1 atom stereocenters. The highest BCUT2D eigenvalue weighted by Gasteiger charge is 2.24. The molecule has 0 saturated carbocycles. The Morgan fingerprint density at radius 1 is 1.27 bits per heavy atom. The number of aromatic nitrogens is 1. The van der Waals surface area contributed by atoms with Gasteiger partial charge in [-0.1, -0.05) is 11.2 Å². The van der Waals surface area contributed by atoms with Gasteiger partial charge in [-0.3, -0.25) is 4.79 Å². The molecule has 9 nitrogen and oxygen atoms in total. The highest BCUT2D eigenvalue weighted by Crippen LogP contribution is 2.27. The van der Waals surface area contributed by atoms with Crippen LogP contribution >= 0.6 is 0 Å². The predicted molar refractivity (Wildman–Crippen MR) is 91.9 cm³/mol. The number of amides is 1. The lowest BCUT2D eigenvalue weighted by Gasteiger charge is -2.14. The van der Waals surface area contributed by atoms with Crippen LogP contribution in [0.4, 0.5) is 5.88 Å². The summed E-state index contributed by atoms with van der Waals surface area (Å²) in [7, 11) is 3.07. The molecule has 1 heterocycles. The average Bonchev–Trinajstić information content (AvgIpc) is 2.97. The number of nitrogens with one attached hydrogen (secondary N) is 1. The Bertz CT molecular complexity index is 782. The number of nitrogen functional groups attached to an aromatic ring is 1. The Hall–Kier alpha value is -3.23. The molecule has 2 rings (SSSR count). The van der Waals surface area contributed by atoms with Gasteiger partial charge in [-0.2, -0.15) is 0 Å². The molecule has 0 aliphatic rings. The van der Waals surface area contributed by atoms with Crippen molar-refractivity contribution >= 4 is 17.8 Å². The summed E-state index contributed by atoms with van der Waals surface area (Å²) in [5.41, 5.74) is 6.64. The number of aryl methyl sites for hydroxylation is 1. The summed E-state index contributed by atoms with van der Waals surface area (Å²) in [4.78, 5) is 24.2. The van der Waals surface area contributed by atoms with E-state index in [1.165, 1.54) is 14.0 Å². The normalized spacial score (nSPS) is 11.5. The van der Waals surface area contributed by atoms with E-state index in [2.05, 4.69) is 10.5 Å². The largest absolute Gasteiger partial charge is 0.493 e. The maximum atomic E-state index is 12.2. The second kappa shape index (κ2) is 8.24. The maximum absolute atomic E-state index is 12.2. The number of carbonyl (C=O) groups is 2. The number of nitrogens with zero attached hydrogens (tertiary/aromatic N) is 1. The summed E-state index contributed by atoms with van der Waals surface area (Å²) in [6.07, 6.45) is -1.02. The third-order valence-electron chi connectivity index (χ3n) is 3.66. The summed E-state index contributed by atoms with van der Waals surface area (Å²) in [6.45, 7) is 3.24. The van der Waals surface area contributed by atoms with Crippen LogP contribution in [0.15, 0.2) is 22.7 Å². The third kappa shape index (κ3) is 4.24. The molecule has 0 radical (unpaired) electrons. The lowest BCUT2D eigenvalue weighted by molar-refractivity contribution is -0.129. The molecular formula is C17H21N3O6. The van der Waals surface area contributed by atoms with Gasteiger partial charge in [0.1, 0.15) is 5.56 Å². The van der Waals surface area contributed by atoms with Gasteiger partial charge >= 0.3 is 5.97 Å². The van der Waals surface area contributed by atoms with Crippen molar-refractivity contribution in [2.75, 3.05) is 20.0 Å². The van der Waals surface area contributed by atoms with Gasteiger partial charge in [0, 0.05) is 6.54 Å². The molecule has 1 aromatic carbocycles. The fraction of sp³-hybridized carbons (Fsp3) is 0.353. The van der Waals surface area contributed by atoms with Crippen molar-refractivity contribution in [1.82, 2.24) is 10.5 Å². The number of nitrogens with two attached hydrogens (primary N) is 1. The first-order chi connectivity index (χ1) is 12.4. The number of ether oxygens (including phenoxy) is 3. The van der Waals surface area contributed by atoms with E-state index in [1.807, 2.05) is 0 Å². The SMILES string of the molecule is COc1ccc(CNC(=O)C(C)OC(=O)c2c(C)noc2N)cc1OC. The number of hydrogen-bond acceptors (Lipinski definition) is 8. The van der Waals surface area contributed by atoms with Crippen LogP contribution in [0.2, 0.25) is 0 Å². The van der Waals surface area contributed by atoms with E-state index in [0.717, 1.165) is 5.56 Å². The summed E-state index contributed by atoms with van der Waals surface area (Å²) < 4.78 is 20.2. The van der Waals surface area contributed by atoms with E-state index >= 15 is 0 Å². The first-order valence-corrected chi connectivity index (χ1v) is 7.78. The Labute approximate surface area is 150 Å². The molecule has 0 aliphatic carbocycles. The third-order valence-corrected chi connectivity index (χ3v) is 3.66. The van der Waals surface area contributed by atoms with Crippen molar-refractivity contribution in [1.29, 1.82) is 0 Å². The zero-order chi connectivity index (χ0) is 19.3. The number of carbonyl (C=O) groups excluding carboxylic acids is 2. The molecule has 1 aromatic heterocycles. The highest BCUT2D eigenvalue weighted by atomic mass is 16.6. The number of methoxy groups -OCH3 is 2. The molecule has 140 valence electrons. The molecule has 1 amide bonds. The minimum atomic E-state index is -1.02. The molecule has 0 aliphatic heterocycles. The maximum Gasteiger partial charge on any atom is 0.346 e. The molecule has 3 N–H and O–H groups in total. The van der Waals surface area contributed by atoms with Gasteiger partial charge in [-0.25, -0.2) is 4.79 Å². The highest BCUT2D eigenvalue weighted by molar-refractivity contribution is 5.96. The fourth-order valence-electron chi connectivity index (χ4n) is 2.23. The van der Waals surface area contributed by atoms with Crippen molar-refractivity contribution in [3.05, 3.63) is 35.0 Å². The Morgan fingerprint density at radius 3 is 2.54 bits per heavy atom. The Kier molecular flexibility index (Phi) is 6.05. The topological polar surface area (TPSA) is 126 Å². The number of esters is 1. The van der Waals surface area contributed by atoms with Gasteiger partial charge in [0.2, 0.25) is 5.88 Å². The quantitative estimate of drug-likeness (QED) is 0.708. The monoisotopic (exact) mass is 363 g/mol. The minimum Gasteiger partial charge on any atom is -0.493 e. The lowest BCUT2D eigenvalue weighted by Crippen LogP contribution is -2.35. The zero-order valence-electron chi connectivity index (χ0n) is 15.0. The number of hydrogen-bond donors (Lipinski definition) is 2. The van der Waals surface area contributed by atoms with Crippen molar-refractivity contribution in [3.8, 4) is 11.5 Å². The Balaban J connectivity index is 1.94. The molecule has 2 aromatic rings. The number of anilines is 1. The van der Waals surface area contributed by atoms with E-state index in [-0.39, 0.29) is 18.0 Å². The van der Waals surface area contributed by atoms with E-state index in [0.29, 0.717) is 17.2 Å². The summed E-state index contributed by atoms with van der Waals surface area (Å²) in [6, 6.07) is 5.28. The number of rotatable bonds is 7. The lowest BCUT2D eigenvalue weighted by atomic mass is 10.2. The Morgan fingerprint density at radius 2 is 1.96 bits per heavy atom. The van der Waals surface area contributed by atoms with E-state index in [1.54, 1.807) is 32.2 Å². The summed E-state index contributed by atoms with van der Waals surface area (Å²) in [5, 5.41) is 6.26. The van der Waals surface area contributed by atoms with Crippen molar-refractivity contribution in [2.45, 2.75) is 26.5 Å². The van der Waals surface area contributed by atoms with Crippen LogP contribution in [-0.4, -0.2) is 37.4 Å². The van der Waals surface area contributed by atoms with Crippen LogP contribution in [0.3, 0.4) is 0 Å². The van der Waals surface area contributed by atoms with E-state index in [9.17, 15) is 9.59 Å². The smallest absolute Gasteiger partial charge is 0.346 e. The molecule has 0 bridgehead atoms. The second-order valence-electron chi connectivity index (χ2n) is 5.46. The molecule has 1 unspecified atom stereocenters. The van der Waals surface area contributed by atoms with E-state index in [4.69, 9.17) is 24.5 Å². The summed E-state index contributed by atoms with van der Waals surface area (Å²) in [5.74, 6) is -0.232. The van der Waals surface area contributed by atoms with Crippen LogP contribution in [0, 0.1) is 6.92 Å². The van der Waals surface area contributed by atoms with Crippen LogP contribution in [0.5, 0.6) is 11.5 Å². The first-order valence-electron chi connectivity index (χ1n) is 7.78. The molecule has 0 saturated heterocycles. The van der Waals surface area contributed by atoms with Gasteiger partial charge < -0.3 is 29.8 Å². The zero-order valence-corrected chi connectivity index (χ0v) is 15.0. The molecule has 26 heavy (non-hydrogen) atoms. The second-order valence-corrected chi connectivity index (χ2v) is 5.46. The van der Waals surface area contributed by atoms with Gasteiger partial charge in [-0.15, -0.1) is 0 Å². The van der Waals surface area contributed by atoms with Gasteiger partial charge in [0.25, 0.3) is 5.91 Å². The predicted octanol–water partition coefficient (Wildman–Crippen LogP) is 1.44. The van der Waals surface area contributed by atoms with Crippen molar-refractivity contribution in [2.24, 2.45) is 0 Å².